The number of hydrogen-bond donors (Lipinski definition) is 1. The van der Waals surface area contributed by atoms with Crippen LogP contribution in [0.2, 0.25) is 0 Å². The third kappa shape index (κ3) is 8.75. The molecule has 3 atom stereocenters. The van der Waals surface area contributed by atoms with E-state index in [1.54, 1.807) is 0 Å². The molecule has 1 aromatic carbocycles. The summed E-state index contributed by atoms with van der Waals surface area (Å²) in [5.74, 6) is -0.771. The maximum absolute atomic E-state index is 12.9. The number of esters is 2. The minimum Gasteiger partial charge on any atom is -0.493 e. The molecule has 1 N–H and O–H groups in total. The Bertz CT molecular complexity index is 1010. The minimum atomic E-state index is -0.995. The molecule has 0 spiro atoms. The first-order valence-corrected chi connectivity index (χ1v) is 11.6. The third-order valence-corrected chi connectivity index (χ3v) is 5.03. The van der Waals surface area contributed by atoms with Gasteiger partial charge in [-0.2, -0.15) is 0 Å². The van der Waals surface area contributed by atoms with Crippen LogP contribution < -0.4 is 19.5 Å². The van der Waals surface area contributed by atoms with Gasteiger partial charge in [-0.15, -0.1) is 0 Å². The molecule has 0 radical (unpaired) electrons. The Morgan fingerprint density at radius 2 is 1.72 bits per heavy atom. The van der Waals surface area contributed by atoms with Crippen molar-refractivity contribution in [3.05, 3.63) is 48.3 Å². The number of para-hydroxylation sites is 1. The summed E-state index contributed by atoms with van der Waals surface area (Å²) in [4.78, 5) is 40.9. The van der Waals surface area contributed by atoms with Gasteiger partial charge in [0.2, 0.25) is 6.79 Å². The Labute approximate surface area is 211 Å². The molecular formula is C26H34N2O8. The fraction of sp³-hybridized carbons (Fsp3) is 0.462. The number of nitrogens with zero attached hydrogens (tertiary/aromatic N) is 1. The van der Waals surface area contributed by atoms with E-state index in [4.69, 9.17) is 23.7 Å². The van der Waals surface area contributed by atoms with Gasteiger partial charge in [-0.05, 0) is 38.3 Å². The number of amides is 1. The zero-order valence-corrected chi connectivity index (χ0v) is 21.5. The predicted molar refractivity (Wildman–Crippen MR) is 131 cm³/mol. The van der Waals surface area contributed by atoms with Crippen LogP contribution >= 0.6 is 0 Å². The molecule has 0 aliphatic heterocycles. The first-order valence-electron chi connectivity index (χ1n) is 11.6. The molecule has 2 aromatic rings. The fourth-order valence-electron chi connectivity index (χ4n) is 3.23. The van der Waals surface area contributed by atoms with Crippen molar-refractivity contribution < 1.29 is 38.1 Å². The Balaban J connectivity index is 2.09. The van der Waals surface area contributed by atoms with Crippen molar-refractivity contribution in [3.63, 3.8) is 0 Å². The topological polar surface area (TPSA) is 122 Å². The van der Waals surface area contributed by atoms with Gasteiger partial charge in [-0.1, -0.05) is 32.0 Å². The second-order valence-corrected chi connectivity index (χ2v) is 8.53. The molecule has 196 valence electrons. The fourth-order valence-corrected chi connectivity index (χ4v) is 3.23. The molecule has 1 heterocycles. The summed E-state index contributed by atoms with van der Waals surface area (Å²) in [5, 5.41) is 2.57. The van der Waals surface area contributed by atoms with E-state index in [-0.39, 0.29) is 23.1 Å². The number of ether oxygens (including phenoxy) is 5. The van der Waals surface area contributed by atoms with Gasteiger partial charge in [0, 0.05) is 19.2 Å². The lowest BCUT2D eigenvalue weighted by atomic mass is 10.0. The van der Waals surface area contributed by atoms with E-state index in [2.05, 4.69) is 10.3 Å². The largest absolute Gasteiger partial charge is 0.493 e. The van der Waals surface area contributed by atoms with E-state index in [0.717, 1.165) is 0 Å². The minimum absolute atomic E-state index is 0.0260. The highest BCUT2D eigenvalue weighted by molar-refractivity contribution is 5.98. The standard InChI is InChI=1S/C26H34N2O8/c1-16(2)14-22(18(4)35-20-10-8-7-9-11-20)36-26(31)17(3)28-25(30)23-24(34-15-33-19(5)29)21(32-6)12-13-27-23/h7-13,16-18,22H,14-15H2,1-6H3,(H,28,30)/t17-,18-,22-/m0/s1. The van der Waals surface area contributed by atoms with Gasteiger partial charge >= 0.3 is 11.9 Å². The predicted octanol–water partition coefficient (Wildman–Crippen LogP) is 3.53. The van der Waals surface area contributed by atoms with Crippen molar-refractivity contribution in [1.82, 2.24) is 10.3 Å². The number of rotatable bonds is 13. The SMILES string of the molecule is COc1ccnc(C(=O)N[C@@H](C)C(=O)O[C@@H](CC(C)C)[C@H](C)Oc2ccccc2)c1OCOC(C)=O. The van der Waals surface area contributed by atoms with Crippen LogP contribution in [-0.2, 0) is 19.1 Å². The maximum Gasteiger partial charge on any atom is 0.328 e. The van der Waals surface area contributed by atoms with Crippen molar-refractivity contribution in [3.8, 4) is 17.2 Å². The number of carbonyl (C=O) groups excluding carboxylic acids is 3. The smallest absolute Gasteiger partial charge is 0.328 e. The summed E-state index contributed by atoms with van der Waals surface area (Å²) in [6, 6.07) is 9.76. The van der Waals surface area contributed by atoms with Gasteiger partial charge < -0.3 is 29.0 Å². The quantitative estimate of drug-likeness (QED) is 0.324. The van der Waals surface area contributed by atoms with E-state index in [1.165, 1.54) is 33.2 Å². The second kappa shape index (κ2) is 13.9. The molecule has 1 aromatic heterocycles. The molecule has 0 saturated carbocycles. The number of methoxy groups -OCH3 is 1. The average Bonchev–Trinajstić information content (AvgIpc) is 2.83. The Morgan fingerprint density at radius 1 is 1.03 bits per heavy atom. The Hall–Kier alpha value is -3.82. The van der Waals surface area contributed by atoms with Crippen molar-refractivity contribution in [2.45, 2.75) is 59.3 Å². The van der Waals surface area contributed by atoms with E-state index >= 15 is 0 Å². The van der Waals surface area contributed by atoms with Crippen LogP contribution in [0.5, 0.6) is 17.2 Å². The number of aromatic nitrogens is 1. The van der Waals surface area contributed by atoms with Crippen LogP contribution in [0.3, 0.4) is 0 Å². The maximum atomic E-state index is 12.9. The van der Waals surface area contributed by atoms with E-state index in [0.29, 0.717) is 12.2 Å². The summed E-state index contributed by atoms with van der Waals surface area (Å²) in [6.07, 6.45) is 0.987. The van der Waals surface area contributed by atoms with Gasteiger partial charge in [0.1, 0.15) is 24.0 Å². The van der Waals surface area contributed by atoms with Gasteiger partial charge in [-0.25, -0.2) is 9.78 Å². The van der Waals surface area contributed by atoms with Crippen LogP contribution in [0.25, 0.3) is 0 Å². The lowest BCUT2D eigenvalue weighted by Crippen LogP contribution is -2.44. The highest BCUT2D eigenvalue weighted by Crippen LogP contribution is 2.29. The van der Waals surface area contributed by atoms with Gasteiger partial charge in [0.15, 0.2) is 17.2 Å². The van der Waals surface area contributed by atoms with Crippen molar-refractivity contribution in [2.75, 3.05) is 13.9 Å². The van der Waals surface area contributed by atoms with E-state index in [9.17, 15) is 14.4 Å². The highest BCUT2D eigenvalue weighted by atomic mass is 16.7. The van der Waals surface area contributed by atoms with Gasteiger partial charge in [0.05, 0.1) is 7.11 Å². The number of carbonyl (C=O) groups is 3. The third-order valence-electron chi connectivity index (χ3n) is 5.03. The van der Waals surface area contributed by atoms with E-state index < -0.39 is 42.9 Å². The second-order valence-electron chi connectivity index (χ2n) is 8.53. The van der Waals surface area contributed by atoms with Crippen molar-refractivity contribution >= 4 is 17.8 Å². The van der Waals surface area contributed by atoms with Crippen molar-refractivity contribution in [1.29, 1.82) is 0 Å². The molecule has 0 bridgehead atoms. The molecule has 36 heavy (non-hydrogen) atoms. The number of hydrogen-bond acceptors (Lipinski definition) is 9. The van der Waals surface area contributed by atoms with Crippen LogP contribution in [0.4, 0.5) is 0 Å². The molecule has 0 fully saturated rings. The summed E-state index contributed by atoms with van der Waals surface area (Å²) in [7, 11) is 1.39. The van der Waals surface area contributed by atoms with Crippen LogP contribution in [-0.4, -0.2) is 55.0 Å². The summed E-state index contributed by atoms with van der Waals surface area (Å²) in [5.41, 5.74) is -0.138. The molecule has 10 nitrogen and oxygen atoms in total. The van der Waals surface area contributed by atoms with Crippen molar-refractivity contribution in [2.24, 2.45) is 5.92 Å². The number of nitrogens with one attached hydrogen (secondary N) is 1. The Morgan fingerprint density at radius 3 is 2.33 bits per heavy atom. The van der Waals surface area contributed by atoms with E-state index in [1.807, 2.05) is 51.1 Å². The first kappa shape index (κ1) is 28.4. The lowest BCUT2D eigenvalue weighted by Gasteiger charge is -2.27. The molecule has 0 saturated heterocycles. The van der Waals surface area contributed by atoms with Gasteiger partial charge in [-0.3, -0.25) is 9.59 Å². The monoisotopic (exact) mass is 502 g/mol. The summed E-state index contributed by atoms with van der Waals surface area (Å²) >= 11 is 0. The summed E-state index contributed by atoms with van der Waals surface area (Å²) in [6.45, 7) is 8.17. The summed E-state index contributed by atoms with van der Waals surface area (Å²) < 4.78 is 27.1. The molecule has 0 aliphatic carbocycles. The lowest BCUT2D eigenvalue weighted by molar-refractivity contribution is -0.156. The molecule has 2 rings (SSSR count). The van der Waals surface area contributed by atoms with Crippen LogP contribution in [0.15, 0.2) is 42.6 Å². The molecular weight excluding hydrogens is 468 g/mol. The molecule has 1 amide bonds. The highest BCUT2D eigenvalue weighted by Gasteiger charge is 2.29. The molecule has 0 unspecified atom stereocenters. The Kier molecular flexibility index (Phi) is 11.0. The van der Waals surface area contributed by atoms with Gasteiger partial charge in [0.25, 0.3) is 5.91 Å². The normalized spacial score (nSPS) is 13.2. The zero-order chi connectivity index (χ0) is 26.7. The molecule has 0 aliphatic rings. The average molecular weight is 503 g/mol. The zero-order valence-electron chi connectivity index (χ0n) is 21.5. The number of benzene rings is 1. The number of pyridine rings is 1. The first-order chi connectivity index (χ1) is 17.1. The molecule has 10 heteroatoms. The van der Waals surface area contributed by atoms with Crippen LogP contribution in [0.1, 0.15) is 51.5 Å². The van der Waals surface area contributed by atoms with Crippen LogP contribution in [0, 0.1) is 5.92 Å².